The van der Waals surface area contributed by atoms with E-state index in [2.05, 4.69) is 0 Å². The second kappa shape index (κ2) is 5.70. The van der Waals surface area contributed by atoms with Crippen LogP contribution in [0.1, 0.15) is 17.5 Å². The summed E-state index contributed by atoms with van der Waals surface area (Å²) in [5.74, 6) is -0.377. The zero-order valence-electron chi connectivity index (χ0n) is 12.5. The van der Waals surface area contributed by atoms with Crippen molar-refractivity contribution >= 4 is 17.5 Å². The molecule has 2 atom stereocenters. The number of benzene rings is 1. The van der Waals surface area contributed by atoms with E-state index in [9.17, 15) is 14.7 Å². The molecule has 1 aromatic rings. The molecular formula is C16H20N2O4. The maximum absolute atomic E-state index is 12.6. The fraction of sp³-hybridized carbons (Fsp3) is 0.500. The molecule has 0 radical (unpaired) electrons. The average Bonchev–Trinajstić information content (AvgIpc) is 2.60. The Morgan fingerprint density at radius 2 is 2.09 bits per heavy atom. The van der Waals surface area contributed by atoms with Gasteiger partial charge in [0, 0.05) is 25.1 Å². The number of aliphatic hydroxyl groups is 2. The molecule has 1 saturated heterocycles. The van der Waals surface area contributed by atoms with E-state index in [0.717, 1.165) is 11.1 Å². The first kappa shape index (κ1) is 15.0. The van der Waals surface area contributed by atoms with Crippen molar-refractivity contribution in [3.05, 3.63) is 29.3 Å². The minimum atomic E-state index is -0.688. The van der Waals surface area contributed by atoms with Gasteiger partial charge in [0.25, 0.3) is 0 Å². The van der Waals surface area contributed by atoms with E-state index in [1.807, 2.05) is 25.1 Å². The topological polar surface area (TPSA) is 81.1 Å². The molecule has 2 heterocycles. The second-order valence-corrected chi connectivity index (χ2v) is 5.99. The first-order chi connectivity index (χ1) is 10.5. The van der Waals surface area contributed by atoms with Crippen molar-refractivity contribution in [2.24, 2.45) is 0 Å². The number of amides is 2. The van der Waals surface area contributed by atoms with Gasteiger partial charge in [0.2, 0.25) is 11.8 Å². The van der Waals surface area contributed by atoms with Gasteiger partial charge in [-0.25, -0.2) is 0 Å². The summed E-state index contributed by atoms with van der Waals surface area (Å²) in [5, 5.41) is 19.3. The zero-order chi connectivity index (χ0) is 15.9. The van der Waals surface area contributed by atoms with E-state index in [1.165, 1.54) is 9.80 Å². The fourth-order valence-electron chi connectivity index (χ4n) is 3.34. The van der Waals surface area contributed by atoms with Crippen molar-refractivity contribution in [1.29, 1.82) is 0 Å². The fourth-order valence-corrected chi connectivity index (χ4v) is 3.34. The molecule has 0 aliphatic carbocycles. The molecule has 6 nitrogen and oxygen atoms in total. The molecule has 6 heteroatoms. The van der Waals surface area contributed by atoms with Gasteiger partial charge < -0.3 is 15.1 Å². The highest BCUT2D eigenvalue weighted by atomic mass is 16.3. The summed E-state index contributed by atoms with van der Waals surface area (Å²) < 4.78 is 0. The van der Waals surface area contributed by atoms with E-state index < -0.39 is 12.1 Å². The molecular weight excluding hydrogens is 284 g/mol. The van der Waals surface area contributed by atoms with Crippen LogP contribution in [0, 0.1) is 6.92 Å². The number of aryl methyl sites for hydroxylation is 1. The van der Waals surface area contributed by atoms with Crippen molar-refractivity contribution in [2.45, 2.75) is 31.9 Å². The third kappa shape index (κ3) is 2.48. The van der Waals surface area contributed by atoms with E-state index in [-0.39, 0.29) is 37.9 Å². The molecule has 22 heavy (non-hydrogen) atoms. The van der Waals surface area contributed by atoms with Crippen molar-refractivity contribution in [3.8, 4) is 0 Å². The molecule has 2 amide bonds. The van der Waals surface area contributed by atoms with Crippen LogP contribution in [0.5, 0.6) is 0 Å². The van der Waals surface area contributed by atoms with Crippen LogP contribution in [0.3, 0.4) is 0 Å². The monoisotopic (exact) mass is 304 g/mol. The largest absolute Gasteiger partial charge is 0.395 e. The number of hydrogen-bond donors (Lipinski definition) is 2. The summed E-state index contributed by atoms with van der Waals surface area (Å²) in [6.45, 7) is 1.90. The maximum Gasteiger partial charge on any atom is 0.247 e. The standard InChI is InChI=1S/C16H20N2O4/c1-10-2-3-13-11(6-10)7-12(20)8-14-16(22)17(4-5-19)9-15(21)18(13)14/h2-3,6,12,14,19-20H,4-5,7-9H2,1H3. The predicted octanol–water partition coefficient (Wildman–Crippen LogP) is -0.162. The molecule has 2 aliphatic rings. The van der Waals surface area contributed by atoms with Gasteiger partial charge in [0.15, 0.2) is 0 Å². The van der Waals surface area contributed by atoms with Crippen LogP contribution >= 0.6 is 0 Å². The highest BCUT2D eigenvalue weighted by molar-refractivity contribution is 6.07. The van der Waals surface area contributed by atoms with Crippen LogP contribution in [0.4, 0.5) is 5.69 Å². The average molecular weight is 304 g/mol. The van der Waals surface area contributed by atoms with Crippen LogP contribution in [-0.2, 0) is 16.0 Å². The van der Waals surface area contributed by atoms with Crippen molar-refractivity contribution in [1.82, 2.24) is 4.90 Å². The van der Waals surface area contributed by atoms with E-state index >= 15 is 0 Å². The number of rotatable bonds is 2. The predicted molar refractivity (Wildman–Crippen MR) is 80.4 cm³/mol. The molecule has 0 spiro atoms. The molecule has 0 saturated carbocycles. The van der Waals surface area contributed by atoms with Gasteiger partial charge in [-0.3, -0.25) is 14.5 Å². The highest BCUT2D eigenvalue weighted by Gasteiger charge is 2.43. The third-order valence-corrected chi connectivity index (χ3v) is 4.32. The van der Waals surface area contributed by atoms with E-state index in [4.69, 9.17) is 5.11 Å². The van der Waals surface area contributed by atoms with Crippen LogP contribution in [0.2, 0.25) is 0 Å². The van der Waals surface area contributed by atoms with Gasteiger partial charge in [0.05, 0.1) is 12.7 Å². The third-order valence-electron chi connectivity index (χ3n) is 4.32. The molecule has 1 fully saturated rings. The Morgan fingerprint density at radius 1 is 1.32 bits per heavy atom. The van der Waals surface area contributed by atoms with Crippen LogP contribution in [0.15, 0.2) is 18.2 Å². The lowest BCUT2D eigenvalue weighted by Crippen LogP contribution is -2.61. The number of carbonyl (C=O) groups is 2. The first-order valence-corrected chi connectivity index (χ1v) is 7.50. The van der Waals surface area contributed by atoms with Gasteiger partial charge >= 0.3 is 0 Å². The number of hydrogen-bond acceptors (Lipinski definition) is 4. The Morgan fingerprint density at radius 3 is 2.82 bits per heavy atom. The summed E-state index contributed by atoms with van der Waals surface area (Å²) in [7, 11) is 0. The molecule has 1 aromatic carbocycles. The van der Waals surface area contributed by atoms with Crippen molar-refractivity contribution in [2.75, 3.05) is 24.6 Å². The Kier molecular flexibility index (Phi) is 3.88. The normalized spacial score (nSPS) is 24.9. The minimum Gasteiger partial charge on any atom is -0.395 e. The Balaban J connectivity index is 2.04. The second-order valence-electron chi connectivity index (χ2n) is 5.99. The van der Waals surface area contributed by atoms with E-state index in [0.29, 0.717) is 12.1 Å². The van der Waals surface area contributed by atoms with Gasteiger partial charge in [-0.05, 0) is 18.6 Å². The number of carbonyl (C=O) groups excluding carboxylic acids is 2. The van der Waals surface area contributed by atoms with Gasteiger partial charge in [-0.1, -0.05) is 17.7 Å². The molecule has 2 unspecified atom stereocenters. The number of aliphatic hydroxyl groups excluding tert-OH is 2. The van der Waals surface area contributed by atoms with Gasteiger partial charge in [-0.2, -0.15) is 0 Å². The van der Waals surface area contributed by atoms with Crippen molar-refractivity contribution in [3.63, 3.8) is 0 Å². The first-order valence-electron chi connectivity index (χ1n) is 7.50. The zero-order valence-corrected chi connectivity index (χ0v) is 12.5. The number of anilines is 1. The molecule has 2 aliphatic heterocycles. The number of piperazine rings is 1. The Bertz CT molecular complexity index is 616. The minimum absolute atomic E-state index is 0.0285. The Labute approximate surface area is 129 Å². The molecule has 0 aromatic heterocycles. The van der Waals surface area contributed by atoms with Gasteiger partial charge in [0.1, 0.15) is 12.6 Å². The lowest BCUT2D eigenvalue weighted by atomic mass is 10.0. The molecule has 0 bridgehead atoms. The smallest absolute Gasteiger partial charge is 0.247 e. The van der Waals surface area contributed by atoms with Gasteiger partial charge in [-0.15, -0.1) is 0 Å². The summed E-state index contributed by atoms with van der Waals surface area (Å²) in [4.78, 5) is 28.0. The van der Waals surface area contributed by atoms with Crippen LogP contribution < -0.4 is 4.90 Å². The Hall–Kier alpha value is -1.92. The van der Waals surface area contributed by atoms with E-state index in [1.54, 1.807) is 0 Å². The number of β-amino-alcohol motifs (C(OH)–C–C–N with tert-alkyl or cyclic N) is 1. The number of fused-ring (bicyclic) bond motifs is 3. The lowest BCUT2D eigenvalue weighted by molar-refractivity contribution is -0.142. The summed E-state index contributed by atoms with van der Waals surface area (Å²) in [5.41, 5.74) is 2.67. The van der Waals surface area contributed by atoms with Crippen LogP contribution in [-0.4, -0.2) is 58.8 Å². The maximum atomic E-state index is 12.6. The summed E-state index contributed by atoms with van der Waals surface area (Å²) in [6.07, 6.45) is -0.00785. The SMILES string of the molecule is Cc1ccc2c(c1)CC(O)CC1C(=O)N(CCO)CC(=O)N21. The lowest BCUT2D eigenvalue weighted by Gasteiger charge is -2.40. The highest BCUT2D eigenvalue weighted by Crippen LogP contribution is 2.33. The number of nitrogens with zero attached hydrogens (tertiary/aromatic N) is 2. The summed E-state index contributed by atoms with van der Waals surface area (Å²) >= 11 is 0. The van der Waals surface area contributed by atoms with Crippen LogP contribution in [0.25, 0.3) is 0 Å². The summed E-state index contributed by atoms with van der Waals surface area (Å²) in [6, 6.07) is 5.03. The molecule has 2 N–H and O–H groups in total. The van der Waals surface area contributed by atoms with Crippen molar-refractivity contribution < 1.29 is 19.8 Å². The molecule has 118 valence electrons. The molecule has 3 rings (SSSR count). The quantitative estimate of drug-likeness (QED) is 0.795.